The van der Waals surface area contributed by atoms with Gasteiger partial charge in [-0.15, -0.1) is 0 Å². The quantitative estimate of drug-likeness (QED) is 0.364. The van der Waals surface area contributed by atoms with Crippen molar-refractivity contribution in [3.63, 3.8) is 0 Å². The standard InChI is InChI=1S/C11H13FN4O2S/c1-13-11(19)16-15-10(18)6-9(17)14-8-4-2-7(12)3-5-8/h2-5H,6H2,1H3,(H,14,17)(H,15,18)(H2,13,16,19). The minimum Gasteiger partial charge on any atom is -0.364 e. The van der Waals surface area contributed by atoms with Crippen LogP contribution in [0.4, 0.5) is 10.1 Å². The van der Waals surface area contributed by atoms with Crippen molar-refractivity contribution < 1.29 is 14.0 Å². The summed E-state index contributed by atoms with van der Waals surface area (Å²) in [7, 11) is 1.59. The monoisotopic (exact) mass is 284 g/mol. The van der Waals surface area contributed by atoms with E-state index in [1.165, 1.54) is 24.3 Å². The van der Waals surface area contributed by atoms with Gasteiger partial charge in [-0.3, -0.25) is 20.4 Å². The zero-order valence-corrected chi connectivity index (χ0v) is 10.9. The van der Waals surface area contributed by atoms with Crippen LogP contribution in [0.25, 0.3) is 0 Å². The molecule has 0 saturated heterocycles. The molecule has 0 bridgehead atoms. The highest BCUT2D eigenvalue weighted by Gasteiger charge is 2.09. The lowest BCUT2D eigenvalue weighted by Crippen LogP contribution is -2.46. The van der Waals surface area contributed by atoms with Crippen LogP contribution >= 0.6 is 12.2 Å². The summed E-state index contributed by atoms with van der Waals surface area (Å²) in [5, 5.41) is 5.28. The van der Waals surface area contributed by atoms with Gasteiger partial charge in [-0.1, -0.05) is 0 Å². The van der Waals surface area contributed by atoms with Gasteiger partial charge in [0.25, 0.3) is 0 Å². The zero-order valence-electron chi connectivity index (χ0n) is 10.1. The van der Waals surface area contributed by atoms with Crippen molar-refractivity contribution >= 4 is 34.8 Å². The minimum atomic E-state index is -0.544. The number of amides is 2. The van der Waals surface area contributed by atoms with Crippen LogP contribution in [-0.2, 0) is 9.59 Å². The molecule has 8 heteroatoms. The molecule has 1 aromatic carbocycles. The van der Waals surface area contributed by atoms with Gasteiger partial charge in [0.1, 0.15) is 12.2 Å². The molecule has 1 rings (SSSR count). The fourth-order valence-corrected chi connectivity index (χ4v) is 1.17. The van der Waals surface area contributed by atoms with E-state index in [1.54, 1.807) is 7.05 Å². The van der Waals surface area contributed by atoms with Crippen molar-refractivity contribution in [2.75, 3.05) is 12.4 Å². The molecule has 0 heterocycles. The Morgan fingerprint density at radius 1 is 1.16 bits per heavy atom. The van der Waals surface area contributed by atoms with Gasteiger partial charge in [-0.2, -0.15) is 0 Å². The minimum absolute atomic E-state index is 0.229. The van der Waals surface area contributed by atoms with Gasteiger partial charge in [0.15, 0.2) is 5.11 Å². The Morgan fingerprint density at radius 3 is 2.37 bits per heavy atom. The second kappa shape index (κ2) is 7.27. The van der Waals surface area contributed by atoms with Gasteiger partial charge >= 0.3 is 0 Å². The second-order valence-electron chi connectivity index (χ2n) is 3.48. The Bertz CT molecular complexity index is 478. The maximum Gasteiger partial charge on any atom is 0.247 e. The first-order valence-corrected chi connectivity index (χ1v) is 5.74. The van der Waals surface area contributed by atoms with Crippen LogP contribution in [0.15, 0.2) is 24.3 Å². The maximum atomic E-state index is 12.6. The van der Waals surface area contributed by atoms with Crippen LogP contribution in [0.5, 0.6) is 0 Å². The average Bonchev–Trinajstić information content (AvgIpc) is 2.38. The van der Waals surface area contributed by atoms with Crippen molar-refractivity contribution in [2.45, 2.75) is 6.42 Å². The Kier molecular flexibility index (Phi) is 5.68. The third-order valence-electron chi connectivity index (χ3n) is 1.99. The molecule has 0 spiro atoms. The molecule has 19 heavy (non-hydrogen) atoms. The van der Waals surface area contributed by atoms with Gasteiger partial charge in [0.2, 0.25) is 11.8 Å². The van der Waals surface area contributed by atoms with Gasteiger partial charge in [0, 0.05) is 12.7 Å². The molecule has 4 N–H and O–H groups in total. The van der Waals surface area contributed by atoms with Crippen molar-refractivity contribution in [1.29, 1.82) is 0 Å². The fourth-order valence-electron chi connectivity index (χ4n) is 1.12. The molecule has 0 radical (unpaired) electrons. The molecule has 0 atom stereocenters. The summed E-state index contributed by atoms with van der Waals surface area (Å²) in [4.78, 5) is 22.8. The topological polar surface area (TPSA) is 82.3 Å². The first-order chi connectivity index (χ1) is 9.01. The summed E-state index contributed by atoms with van der Waals surface area (Å²) in [6, 6.07) is 5.23. The third kappa shape index (κ3) is 5.77. The van der Waals surface area contributed by atoms with Gasteiger partial charge < -0.3 is 10.6 Å². The highest BCUT2D eigenvalue weighted by atomic mass is 32.1. The Hall–Kier alpha value is -2.22. The number of thiocarbonyl (C=S) groups is 1. The second-order valence-corrected chi connectivity index (χ2v) is 3.89. The number of carbonyl (C=O) groups excluding carboxylic acids is 2. The lowest BCUT2D eigenvalue weighted by molar-refractivity contribution is -0.127. The molecule has 0 fully saturated rings. The number of anilines is 1. The summed E-state index contributed by atoms with van der Waals surface area (Å²) >= 11 is 4.73. The summed E-state index contributed by atoms with van der Waals surface area (Å²) < 4.78 is 12.6. The molecule has 0 aromatic heterocycles. The number of hydrogen-bond acceptors (Lipinski definition) is 3. The molecule has 0 saturated carbocycles. The van der Waals surface area contributed by atoms with E-state index in [0.29, 0.717) is 5.69 Å². The molecular weight excluding hydrogens is 271 g/mol. The van der Waals surface area contributed by atoms with Crippen LogP contribution in [0, 0.1) is 5.82 Å². The van der Waals surface area contributed by atoms with Gasteiger partial charge in [-0.05, 0) is 36.5 Å². The van der Waals surface area contributed by atoms with E-state index in [0.717, 1.165) is 0 Å². The molecular formula is C11H13FN4O2S. The van der Waals surface area contributed by atoms with E-state index in [2.05, 4.69) is 21.5 Å². The summed E-state index contributed by atoms with van der Waals surface area (Å²) in [6.07, 6.45) is -0.378. The molecule has 102 valence electrons. The first-order valence-electron chi connectivity index (χ1n) is 5.33. The normalized spacial score (nSPS) is 9.37. The first kappa shape index (κ1) is 14.8. The number of nitrogens with one attached hydrogen (secondary N) is 4. The van der Waals surface area contributed by atoms with Crippen LogP contribution < -0.4 is 21.5 Å². The van der Waals surface area contributed by atoms with E-state index in [-0.39, 0.29) is 11.5 Å². The molecule has 1 aromatic rings. The number of carbonyl (C=O) groups is 2. The van der Waals surface area contributed by atoms with Gasteiger partial charge in [-0.25, -0.2) is 4.39 Å². The van der Waals surface area contributed by atoms with E-state index in [4.69, 9.17) is 12.2 Å². The summed E-state index contributed by atoms with van der Waals surface area (Å²) in [5.41, 5.74) is 5.06. The van der Waals surface area contributed by atoms with Crippen LogP contribution in [-0.4, -0.2) is 24.0 Å². The number of rotatable bonds is 3. The predicted octanol–water partition coefficient (Wildman–Crippen LogP) is 0.279. The van der Waals surface area contributed by atoms with E-state index in [1.807, 2.05) is 0 Å². The average molecular weight is 284 g/mol. The molecule has 0 aliphatic heterocycles. The highest BCUT2D eigenvalue weighted by molar-refractivity contribution is 7.80. The molecule has 2 amide bonds. The van der Waals surface area contributed by atoms with Gasteiger partial charge in [0.05, 0.1) is 0 Å². The number of hydrogen-bond donors (Lipinski definition) is 4. The van der Waals surface area contributed by atoms with E-state index < -0.39 is 17.6 Å². The van der Waals surface area contributed by atoms with Crippen LogP contribution in [0.1, 0.15) is 6.42 Å². The van der Waals surface area contributed by atoms with Crippen molar-refractivity contribution in [3.8, 4) is 0 Å². The SMILES string of the molecule is CNC(=S)NNC(=O)CC(=O)Nc1ccc(F)cc1. The van der Waals surface area contributed by atoms with Crippen LogP contribution in [0.3, 0.4) is 0 Å². The van der Waals surface area contributed by atoms with Crippen LogP contribution in [0.2, 0.25) is 0 Å². The molecule has 6 nitrogen and oxygen atoms in total. The summed E-state index contributed by atoms with van der Waals surface area (Å²) in [6.45, 7) is 0. The Labute approximate surface area is 114 Å². The molecule has 0 unspecified atom stereocenters. The zero-order chi connectivity index (χ0) is 14.3. The lowest BCUT2D eigenvalue weighted by Gasteiger charge is -2.09. The lowest BCUT2D eigenvalue weighted by atomic mass is 10.3. The van der Waals surface area contributed by atoms with E-state index >= 15 is 0 Å². The number of benzene rings is 1. The fraction of sp³-hybridized carbons (Fsp3) is 0.182. The van der Waals surface area contributed by atoms with Crippen molar-refractivity contribution in [3.05, 3.63) is 30.1 Å². The maximum absolute atomic E-state index is 12.6. The Balaban J connectivity index is 2.36. The largest absolute Gasteiger partial charge is 0.364 e. The predicted molar refractivity (Wildman–Crippen MR) is 72.6 cm³/mol. The smallest absolute Gasteiger partial charge is 0.247 e. The number of halogens is 1. The van der Waals surface area contributed by atoms with Crippen molar-refractivity contribution in [2.24, 2.45) is 0 Å². The number of hydrazine groups is 1. The third-order valence-corrected chi connectivity index (χ3v) is 2.30. The highest BCUT2D eigenvalue weighted by Crippen LogP contribution is 2.08. The van der Waals surface area contributed by atoms with E-state index in [9.17, 15) is 14.0 Å². The summed E-state index contributed by atoms with van der Waals surface area (Å²) in [5.74, 6) is -1.46. The van der Waals surface area contributed by atoms with Crippen molar-refractivity contribution in [1.82, 2.24) is 16.2 Å². The molecule has 0 aliphatic carbocycles. The molecule has 0 aliphatic rings. The Morgan fingerprint density at radius 2 is 1.79 bits per heavy atom.